The number of benzene rings is 1. The summed E-state index contributed by atoms with van der Waals surface area (Å²) in [5.41, 5.74) is 0.822. The van der Waals surface area contributed by atoms with Crippen LogP contribution in [0.1, 0.15) is 12.5 Å². The highest BCUT2D eigenvalue weighted by atomic mass is 19.1. The number of aromatic nitrogens is 2. The van der Waals surface area contributed by atoms with E-state index in [1.165, 1.54) is 19.1 Å². The molecule has 2 rings (SSSR count). The molecule has 0 saturated heterocycles. The van der Waals surface area contributed by atoms with Crippen LogP contribution in [0.2, 0.25) is 0 Å². The van der Waals surface area contributed by atoms with Gasteiger partial charge in [-0.2, -0.15) is 5.10 Å². The van der Waals surface area contributed by atoms with E-state index in [0.29, 0.717) is 12.4 Å². The highest BCUT2D eigenvalue weighted by Crippen LogP contribution is 2.08. The minimum Gasteiger partial charge on any atom is -0.309 e. The van der Waals surface area contributed by atoms with Gasteiger partial charge in [0.15, 0.2) is 5.82 Å². The molecule has 5 heteroatoms. The van der Waals surface area contributed by atoms with Crippen molar-refractivity contribution in [2.45, 2.75) is 13.5 Å². The van der Waals surface area contributed by atoms with Crippen LogP contribution in [0.25, 0.3) is 0 Å². The highest BCUT2D eigenvalue weighted by molar-refractivity contribution is 5.87. The van der Waals surface area contributed by atoms with Crippen LogP contribution < -0.4 is 5.32 Å². The number of hydrogen-bond acceptors (Lipinski definition) is 2. The lowest BCUT2D eigenvalue weighted by Gasteiger charge is -2.02. The van der Waals surface area contributed by atoms with Crippen LogP contribution in [0.15, 0.2) is 36.5 Å². The van der Waals surface area contributed by atoms with Crippen molar-refractivity contribution < 1.29 is 9.18 Å². The number of nitrogens with zero attached hydrogens (tertiary/aromatic N) is 2. The van der Waals surface area contributed by atoms with E-state index in [1.807, 2.05) is 6.07 Å². The minimum absolute atomic E-state index is 0.166. The highest BCUT2D eigenvalue weighted by Gasteiger charge is 2.01. The summed E-state index contributed by atoms with van der Waals surface area (Å²) < 4.78 is 14.6. The summed E-state index contributed by atoms with van der Waals surface area (Å²) in [5.74, 6) is 0.0617. The summed E-state index contributed by atoms with van der Waals surface area (Å²) in [6, 6.07) is 8.03. The molecule has 0 fully saturated rings. The van der Waals surface area contributed by atoms with Gasteiger partial charge in [0.1, 0.15) is 5.82 Å². The average molecular weight is 233 g/mol. The minimum atomic E-state index is -0.267. The number of carbonyl (C=O) groups excluding carboxylic acids is 1. The normalized spacial score (nSPS) is 10.2. The zero-order chi connectivity index (χ0) is 12.3. The van der Waals surface area contributed by atoms with E-state index in [4.69, 9.17) is 0 Å². The third-order valence-electron chi connectivity index (χ3n) is 2.18. The van der Waals surface area contributed by atoms with E-state index < -0.39 is 0 Å². The molecule has 1 N–H and O–H groups in total. The van der Waals surface area contributed by atoms with E-state index in [0.717, 1.165) is 5.56 Å². The topological polar surface area (TPSA) is 46.9 Å². The Morgan fingerprint density at radius 3 is 3.00 bits per heavy atom. The van der Waals surface area contributed by atoms with E-state index >= 15 is 0 Å². The van der Waals surface area contributed by atoms with Crippen molar-refractivity contribution in [1.29, 1.82) is 0 Å². The predicted molar refractivity (Wildman–Crippen MR) is 62.0 cm³/mol. The summed E-state index contributed by atoms with van der Waals surface area (Å²) in [7, 11) is 0. The first-order valence-electron chi connectivity index (χ1n) is 5.19. The molecular formula is C12H12FN3O. The Balaban J connectivity index is 2.08. The molecule has 1 aromatic carbocycles. The van der Waals surface area contributed by atoms with Gasteiger partial charge in [0.25, 0.3) is 0 Å². The number of nitrogens with one attached hydrogen (secondary N) is 1. The first kappa shape index (κ1) is 11.3. The predicted octanol–water partition coefficient (Wildman–Crippen LogP) is 2.03. The molecule has 0 aliphatic carbocycles. The van der Waals surface area contributed by atoms with E-state index in [1.54, 1.807) is 23.0 Å². The summed E-state index contributed by atoms with van der Waals surface area (Å²) in [4.78, 5) is 10.8. The van der Waals surface area contributed by atoms with Gasteiger partial charge in [-0.25, -0.2) is 4.39 Å². The number of rotatable bonds is 3. The van der Waals surface area contributed by atoms with E-state index in [2.05, 4.69) is 10.4 Å². The van der Waals surface area contributed by atoms with Gasteiger partial charge in [0, 0.05) is 19.2 Å². The molecule has 0 spiro atoms. The molecule has 0 radical (unpaired) electrons. The first-order chi connectivity index (χ1) is 8.13. The second-order valence-electron chi connectivity index (χ2n) is 3.71. The average Bonchev–Trinajstić information content (AvgIpc) is 2.64. The Bertz CT molecular complexity index is 536. The molecule has 1 amide bonds. The quantitative estimate of drug-likeness (QED) is 0.881. The molecule has 0 bridgehead atoms. The van der Waals surface area contributed by atoms with Gasteiger partial charge >= 0.3 is 0 Å². The molecule has 1 aromatic heterocycles. The van der Waals surface area contributed by atoms with Crippen LogP contribution >= 0.6 is 0 Å². The van der Waals surface area contributed by atoms with Crippen LogP contribution in [0.5, 0.6) is 0 Å². The molecule has 0 unspecified atom stereocenters. The fraction of sp³-hybridized carbons (Fsp3) is 0.167. The fourth-order valence-electron chi connectivity index (χ4n) is 1.52. The lowest BCUT2D eigenvalue weighted by molar-refractivity contribution is -0.114. The smallest absolute Gasteiger partial charge is 0.222 e. The summed E-state index contributed by atoms with van der Waals surface area (Å²) in [6.45, 7) is 1.89. The van der Waals surface area contributed by atoms with Crippen molar-refractivity contribution in [3.05, 3.63) is 47.9 Å². The molecular weight excluding hydrogens is 221 g/mol. The molecule has 0 atom stereocenters. The zero-order valence-corrected chi connectivity index (χ0v) is 9.35. The maximum Gasteiger partial charge on any atom is 0.222 e. The van der Waals surface area contributed by atoms with Crippen molar-refractivity contribution in [2.24, 2.45) is 0 Å². The van der Waals surface area contributed by atoms with Gasteiger partial charge in [-0.3, -0.25) is 9.48 Å². The SMILES string of the molecule is CC(=O)Nc1ccn(Cc2cccc(F)c2)n1. The Kier molecular flexibility index (Phi) is 3.18. The molecule has 88 valence electrons. The van der Waals surface area contributed by atoms with E-state index in [-0.39, 0.29) is 11.7 Å². The molecule has 0 aliphatic rings. The van der Waals surface area contributed by atoms with E-state index in [9.17, 15) is 9.18 Å². The van der Waals surface area contributed by atoms with Crippen LogP contribution in [0.4, 0.5) is 10.2 Å². The fourth-order valence-corrected chi connectivity index (χ4v) is 1.52. The molecule has 0 aliphatic heterocycles. The van der Waals surface area contributed by atoms with Crippen molar-refractivity contribution >= 4 is 11.7 Å². The van der Waals surface area contributed by atoms with Gasteiger partial charge in [-0.1, -0.05) is 12.1 Å². The third-order valence-corrected chi connectivity index (χ3v) is 2.18. The van der Waals surface area contributed by atoms with Crippen molar-refractivity contribution in [2.75, 3.05) is 5.32 Å². The molecule has 17 heavy (non-hydrogen) atoms. The Hall–Kier alpha value is -2.17. The summed E-state index contributed by atoms with van der Waals surface area (Å²) >= 11 is 0. The lowest BCUT2D eigenvalue weighted by atomic mass is 10.2. The van der Waals surface area contributed by atoms with Crippen molar-refractivity contribution in [3.63, 3.8) is 0 Å². The Morgan fingerprint density at radius 1 is 1.47 bits per heavy atom. The Morgan fingerprint density at radius 2 is 2.29 bits per heavy atom. The van der Waals surface area contributed by atoms with Gasteiger partial charge in [0.05, 0.1) is 6.54 Å². The lowest BCUT2D eigenvalue weighted by Crippen LogP contribution is -2.07. The zero-order valence-electron chi connectivity index (χ0n) is 9.35. The number of amides is 1. The van der Waals surface area contributed by atoms with Crippen LogP contribution in [-0.4, -0.2) is 15.7 Å². The summed E-state index contributed by atoms with van der Waals surface area (Å²) in [5, 5.41) is 6.72. The van der Waals surface area contributed by atoms with Crippen LogP contribution in [-0.2, 0) is 11.3 Å². The maximum atomic E-state index is 13.0. The van der Waals surface area contributed by atoms with Gasteiger partial charge in [0.2, 0.25) is 5.91 Å². The molecule has 0 saturated carbocycles. The standard InChI is InChI=1S/C12H12FN3O/c1-9(17)14-12-5-6-16(15-12)8-10-3-2-4-11(13)7-10/h2-7H,8H2,1H3,(H,14,15,17). The third kappa shape index (κ3) is 3.14. The maximum absolute atomic E-state index is 13.0. The van der Waals surface area contributed by atoms with Crippen molar-refractivity contribution in [1.82, 2.24) is 9.78 Å². The number of hydrogen-bond donors (Lipinski definition) is 1. The largest absolute Gasteiger partial charge is 0.309 e. The van der Waals surface area contributed by atoms with Gasteiger partial charge in [-0.15, -0.1) is 0 Å². The first-order valence-corrected chi connectivity index (χ1v) is 5.19. The number of anilines is 1. The number of carbonyl (C=O) groups is 1. The van der Waals surface area contributed by atoms with Crippen molar-refractivity contribution in [3.8, 4) is 0 Å². The molecule has 1 heterocycles. The summed E-state index contributed by atoms with van der Waals surface area (Å²) in [6.07, 6.45) is 1.73. The second kappa shape index (κ2) is 4.78. The van der Waals surface area contributed by atoms with Crippen LogP contribution in [0, 0.1) is 5.82 Å². The number of halogens is 1. The Labute approximate surface area is 98.1 Å². The van der Waals surface area contributed by atoms with Crippen LogP contribution in [0.3, 0.4) is 0 Å². The molecule has 4 nitrogen and oxygen atoms in total. The van der Waals surface area contributed by atoms with Gasteiger partial charge < -0.3 is 5.32 Å². The second-order valence-corrected chi connectivity index (χ2v) is 3.71. The van der Waals surface area contributed by atoms with Gasteiger partial charge in [-0.05, 0) is 17.7 Å². The molecule has 2 aromatic rings. The monoisotopic (exact) mass is 233 g/mol.